The third-order valence-corrected chi connectivity index (χ3v) is 4.96. The highest BCUT2D eigenvalue weighted by Gasteiger charge is 2.25. The second kappa shape index (κ2) is 9.07. The first-order valence-corrected chi connectivity index (χ1v) is 9.25. The van der Waals surface area contributed by atoms with Crippen molar-refractivity contribution in [1.82, 2.24) is 0 Å². The van der Waals surface area contributed by atoms with Crippen molar-refractivity contribution in [3.63, 3.8) is 0 Å². The molecule has 0 bridgehead atoms. The molecule has 1 unspecified atom stereocenters. The first-order chi connectivity index (χ1) is 11.5. The molecule has 1 atom stereocenters. The Balaban J connectivity index is 2.01. The fraction of sp³-hybridized carbons (Fsp3) is 0.579. The fourth-order valence-electron chi connectivity index (χ4n) is 3.49. The van der Waals surface area contributed by atoms with Crippen LogP contribution in [0, 0.1) is 11.8 Å². The molecule has 1 aromatic rings. The second-order valence-corrected chi connectivity index (χ2v) is 7.14. The SMILES string of the molecule is CCCC(CC1CCCC1)C(=O)Nc1ccc(NC(C)=O)cc1Cl. The van der Waals surface area contributed by atoms with E-state index in [0.717, 1.165) is 19.3 Å². The number of anilines is 2. The number of hydrogen-bond donors (Lipinski definition) is 2. The van der Waals surface area contributed by atoms with Crippen molar-refractivity contribution >= 4 is 34.8 Å². The Morgan fingerprint density at radius 2 is 1.96 bits per heavy atom. The highest BCUT2D eigenvalue weighted by Crippen LogP contribution is 2.33. The van der Waals surface area contributed by atoms with Crippen LogP contribution in [-0.2, 0) is 9.59 Å². The Morgan fingerprint density at radius 1 is 1.25 bits per heavy atom. The van der Waals surface area contributed by atoms with Gasteiger partial charge in [-0.25, -0.2) is 0 Å². The van der Waals surface area contributed by atoms with Crippen LogP contribution in [0.5, 0.6) is 0 Å². The van der Waals surface area contributed by atoms with E-state index < -0.39 is 0 Å². The van der Waals surface area contributed by atoms with Gasteiger partial charge in [-0.1, -0.05) is 50.6 Å². The van der Waals surface area contributed by atoms with Gasteiger partial charge in [0.2, 0.25) is 11.8 Å². The number of carbonyl (C=O) groups is 2. The number of nitrogens with one attached hydrogen (secondary N) is 2. The molecule has 0 saturated heterocycles. The van der Waals surface area contributed by atoms with Crippen molar-refractivity contribution in [3.8, 4) is 0 Å². The van der Waals surface area contributed by atoms with Gasteiger partial charge >= 0.3 is 0 Å². The molecule has 0 heterocycles. The zero-order valence-corrected chi connectivity index (χ0v) is 15.3. The van der Waals surface area contributed by atoms with E-state index in [9.17, 15) is 9.59 Å². The minimum atomic E-state index is -0.151. The maximum Gasteiger partial charge on any atom is 0.227 e. The molecule has 1 aliphatic rings. The topological polar surface area (TPSA) is 58.2 Å². The van der Waals surface area contributed by atoms with Crippen LogP contribution in [0.15, 0.2) is 18.2 Å². The molecular weight excluding hydrogens is 324 g/mol. The van der Waals surface area contributed by atoms with E-state index in [0.29, 0.717) is 22.3 Å². The van der Waals surface area contributed by atoms with Crippen LogP contribution in [-0.4, -0.2) is 11.8 Å². The predicted octanol–water partition coefficient (Wildman–Crippen LogP) is 5.23. The number of rotatable bonds is 7. The van der Waals surface area contributed by atoms with E-state index in [1.165, 1.54) is 32.6 Å². The predicted molar refractivity (Wildman–Crippen MR) is 99.4 cm³/mol. The molecule has 2 amide bonds. The van der Waals surface area contributed by atoms with Crippen molar-refractivity contribution in [2.24, 2.45) is 11.8 Å². The smallest absolute Gasteiger partial charge is 0.227 e. The van der Waals surface area contributed by atoms with E-state index in [1.807, 2.05) is 0 Å². The molecule has 4 nitrogen and oxygen atoms in total. The molecule has 2 N–H and O–H groups in total. The summed E-state index contributed by atoms with van der Waals surface area (Å²) in [7, 11) is 0. The summed E-state index contributed by atoms with van der Waals surface area (Å²) in [5.41, 5.74) is 1.23. The van der Waals surface area contributed by atoms with Crippen molar-refractivity contribution in [1.29, 1.82) is 0 Å². The quantitative estimate of drug-likeness (QED) is 0.707. The van der Waals surface area contributed by atoms with Crippen LogP contribution in [0.25, 0.3) is 0 Å². The number of amides is 2. The molecule has 0 radical (unpaired) electrons. The first kappa shape index (κ1) is 18.8. The summed E-state index contributed by atoms with van der Waals surface area (Å²) in [5, 5.41) is 6.08. The minimum Gasteiger partial charge on any atom is -0.326 e. The van der Waals surface area contributed by atoms with E-state index in [2.05, 4.69) is 17.6 Å². The van der Waals surface area contributed by atoms with Crippen LogP contribution in [0.3, 0.4) is 0 Å². The largest absolute Gasteiger partial charge is 0.326 e. The lowest BCUT2D eigenvalue weighted by atomic mass is 9.89. The van der Waals surface area contributed by atoms with Gasteiger partial charge in [-0.3, -0.25) is 9.59 Å². The normalized spacial score (nSPS) is 16.0. The summed E-state index contributed by atoms with van der Waals surface area (Å²) in [6, 6.07) is 5.14. The van der Waals surface area contributed by atoms with Gasteiger partial charge in [0.1, 0.15) is 0 Å². The Morgan fingerprint density at radius 3 is 2.54 bits per heavy atom. The number of hydrogen-bond acceptors (Lipinski definition) is 2. The molecule has 1 saturated carbocycles. The van der Waals surface area contributed by atoms with Crippen molar-refractivity contribution in [2.75, 3.05) is 10.6 Å². The molecule has 0 spiro atoms. The highest BCUT2D eigenvalue weighted by atomic mass is 35.5. The average Bonchev–Trinajstić information content (AvgIpc) is 3.02. The molecule has 2 rings (SSSR count). The molecule has 1 aliphatic carbocycles. The van der Waals surface area contributed by atoms with E-state index in [4.69, 9.17) is 11.6 Å². The lowest BCUT2D eigenvalue weighted by Gasteiger charge is -2.20. The molecular formula is C19H27ClN2O2. The Labute approximate surface area is 149 Å². The maximum atomic E-state index is 12.7. The van der Waals surface area contributed by atoms with Crippen LogP contribution in [0.2, 0.25) is 5.02 Å². The summed E-state index contributed by atoms with van der Waals surface area (Å²) in [6.45, 7) is 3.56. The second-order valence-electron chi connectivity index (χ2n) is 6.74. The van der Waals surface area contributed by atoms with Crippen LogP contribution in [0.1, 0.15) is 58.8 Å². The molecule has 0 aliphatic heterocycles. The third-order valence-electron chi connectivity index (χ3n) is 4.65. The number of halogens is 1. The fourth-order valence-corrected chi connectivity index (χ4v) is 3.71. The van der Waals surface area contributed by atoms with Crippen LogP contribution >= 0.6 is 11.6 Å². The lowest BCUT2D eigenvalue weighted by Crippen LogP contribution is -2.24. The van der Waals surface area contributed by atoms with E-state index in [1.54, 1.807) is 18.2 Å². The van der Waals surface area contributed by atoms with Crippen molar-refractivity contribution in [3.05, 3.63) is 23.2 Å². The summed E-state index contributed by atoms with van der Waals surface area (Å²) in [5.74, 6) is 0.634. The van der Waals surface area contributed by atoms with E-state index in [-0.39, 0.29) is 17.7 Å². The van der Waals surface area contributed by atoms with Crippen molar-refractivity contribution < 1.29 is 9.59 Å². The van der Waals surface area contributed by atoms with Gasteiger partial charge in [-0.2, -0.15) is 0 Å². The molecule has 0 aromatic heterocycles. The zero-order valence-electron chi connectivity index (χ0n) is 14.5. The Kier molecular flexibility index (Phi) is 7.10. The third kappa shape index (κ3) is 5.52. The Bertz CT molecular complexity index is 583. The number of carbonyl (C=O) groups excluding carboxylic acids is 2. The molecule has 5 heteroatoms. The molecule has 132 valence electrons. The molecule has 1 aromatic carbocycles. The molecule has 24 heavy (non-hydrogen) atoms. The average molecular weight is 351 g/mol. The van der Waals surface area contributed by atoms with Gasteiger partial charge in [0.15, 0.2) is 0 Å². The number of benzene rings is 1. The summed E-state index contributed by atoms with van der Waals surface area (Å²) in [6.07, 6.45) is 7.97. The summed E-state index contributed by atoms with van der Waals surface area (Å²) >= 11 is 6.24. The van der Waals surface area contributed by atoms with Gasteiger partial charge in [0, 0.05) is 18.5 Å². The maximum absolute atomic E-state index is 12.7. The van der Waals surface area contributed by atoms with Crippen LogP contribution in [0.4, 0.5) is 11.4 Å². The van der Waals surface area contributed by atoms with Gasteiger partial charge < -0.3 is 10.6 Å². The zero-order chi connectivity index (χ0) is 17.5. The Hall–Kier alpha value is -1.55. The van der Waals surface area contributed by atoms with Crippen LogP contribution < -0.4 is 10.6 Å². The van der Waals surface area contributed by atoms with Gasteiger partial charge in [-0.15, -0.1) is 0 Å². The van der Waals surface area contributed by atoms with Crippen molar-refractivity contribution in [2.45, 2.75) is 58.8 Å². The summed E-state index contributed by atoms with van der Waals surface area (Å²) in [4.78, 5) is 23.8. The van der Waals surface area contributed by atoms with Gasteiger partial charge in [0.25, 0.3) is 0 Å². The van der Waals surface area contributed by atoms with E-state index >= 15 is 0 Å². The first-order valence-electron chi connectivity index (χ1n) is 8.87. The highest BCUT2D eigenvalue weighted by molar-refractivity contribution is 6.34. The van der Waals surface area contributed by atoms with Gasteiger partial charge in [0.05, 0.1) is 10.7 Å². The van der Waals surface area contributed by atoms with Gasteiger partial charge in [-0.05, 0) is 37.0 Å². The monoisotopic (exact) mass is 350 g/mol. The summed E-state index contributed by atoms with van der Waals surface area (Å²) < 4.78 is 0. The molecule has 1 fully saturated rings. The standard InChI is InChI=1S/C19H27ClN2O2/c1-3-6-15(11-14-7-4-5-8-14)19(24)22-18-10-9-16(12-17(18)20)21-13(2)23/h9-10,12,14-15H,3-8,11H2,1-2H3,(H,21,23)(H,22,24). The lowest BCUT2D eigenvalue weighted by molar-refractivity contribution is -0.120. The minimum absolute atomic E-state index is 0.0455.